The Morgan fingerprint density at radius 3 is 2.86 bits per heavy atom. The quantitative estimate of drug-likeness (QED) is 0.921. The number of likely N-dealkylation sites (tertiary alicyclic amines) is 1. The van der Waals surface area contributed by atoms with E-state index in [-0.39, 0.29) is 16.2 Å². The summed E-state index contributed by atoms with van der Waals surface area (Å²) < 4.78 is 25.7. The van der Waals surface area contributed by atoms with E-state index in [9.17, 15) is 13.2 Å². The van der Waals surface area contributed by atoms with Gasteiger partial charge in [0.15, 0.2) is 0 Å². The number of carbonyl (C=O) groups excluding carboxylic acids is 1. The molecule has 118 valence electrons. The van der Waals surface area contributed by atoms with Gasteiger partial charge in [-0.25, -0.2) is 13.1 Å². The van der Waals surface area contributed by atoms with Gasteiger partial charge in [-0.1, -0.05) is 13.8 Å². The Bertz CT molecular complexity index is 624. The number of nitrogens with zero attached hydrogens (tertiary/aromatic N) is 1. The van der Waals surface area contributed by atoms with Crippen LogP contribution in [0.3, 0.4) is 0 Å². The van der Waals surface area contributed by atoms with Crippen LogP contribution in [0.4, 0.5) is 0 Å². The van der Waals surface area contributed by atoms with Gasteiger partial charge in [-0.05, 0) is 37.8 Å². The standard InChI is InChI=1S/C14H22N2O3S2/c1-4-14(2)6-5-7-16(10-14)13(17)12-8-11(9-20-12)21(18,19)15-3/h8-9,15H,4-7,10H2,1-3H3. The van der Waals surface area contributed by atoms with Gasteiger partial charge >= 0.3 is 0 Å². The second-order valence-electron chi connectivity index (χ2n) is 5.85. The fourth-order valence-corrected chi connectivity index (χ4v) is 4.59. The maximum absolute atomic E-state index is 12.6. The van der Waals surface area contributed by atoms with Crippen molar-refractivity contribution in [3.63, 3.8) is 0 Å². The lowest BCUT2D eigenvalue weighted by molar-refractivity contribution is 0.0547. The van der Waals surface area contributed by atoms with Crippen molar-refractivity contribution in [1.29, 1.82) is 0 Å². The Morgan fingerprint density at radius 1 is 1.52 bits per heavy atom. The van der Waals surface area contributed by atoms with Crippen molar-refractivity contribution in [3.8, 4) is 0 Å². The Balaban J connectivity index is 2.17. The molecule has 7 heteroatoms. The van der Waals surface area contributed by atoms with Gasteiger partial charge in [0.2, 0.25) is 10.0 Å². The van der Waals surface area contributed by atoms with Gasteiger partial charge in [-0.3, -0.25) is 4.79 Å². The van der Waals surface area contributed by atoms with E-state index in [0.29, 0.717) is 4.88 Å². The summed E-state index contributed by atoms with van der Waals surface area (Å²) in [5, 5.41) is 1.52. The summed E-state index contributed by atoms with van der Waals surface area (Å²) in [6.45, 7) is 5.85. The minimum absolute atomic E-state index is 0.0584. The Kier molecular flexibility index (Phi) is 4.75. The van der Waals surface area contributed by atoms with Gasteiger partial charge in [-0.15, -0.1) is 11.3 Å². The third-order valence-corrected chi connectivity index (χ3v) is 6.75. The molecule has 1 aliphatic rings. The third-order valence-electron chi connectivity index (χ3n) is 4.29. The second-order valence-corrected chi connectivity index (χ2v) is 8.65. The number of nitrogens with one attached hydrogen (secondary N) is 1. The smallest absolute Gasteiger partial charge is 0.263 e. The van der Waals surface area contributed by atoms with Gasteiger partial charge in [0.1, 0.15) is 0 Å². The highest BCUT2D eigenvalue weighted by atomic mass is 32.2. The summed E-state index contributed by atoms with van der Waals surface area (Å²) in [5.74, 6) is -0.0584. The lowest BCUT2D eigenvalue weighted by Crippen LogP contribution is -2.44. The first-order valence-electron chi connectivity index (χ1n) is 7.13. The predicted octanol–water partition coefficient (Wildman–Crippen LogP) is 2.31. The van der Waals surface area contributed by atoms with Crippen molar-refractivity contribution in [2.45, 2.75) is 38.0 Å². The third kappa shape index (κ3) is 3.46. The molecule has 2 rings (SSSR count). The summed E-state index contributed by atoms with van der Waals surface area (Å²) in [6.07, 6.45) is 3.18. The molecule has 0 bridgehead atoms. The van der Waals surface area contributed by atoms with Crippen LogP contribution in [0, 0.1) is 5.41 Å². The van der Waals surface area contributed by atoms with Crippen LogP contribution in [0.25, 0.3) is 0 Å². The molecule has 0 aliphatic carbocycles. The molecule has 1 aromatic rings. The summed E-state index contributed by atoms with van der Waals surface area (Å²) in [5.41, 5.74) is 0.172. The van der Waals surface area contributed by atoms with Crippen LogP contribution in [-0.2, 0) is 10.0 Å². The van der Waals surface area contributed by atoms with Gasteiger partial charge in [0.05, 0.1) is 9.77 Å². The van der Waals surface area contributed by atoms with Crippen molar-refractivity contribution in [2.75, 3.05) is 20.1 Å². The van der Waals surface area contributed by atoms with E-state index in [0.717, 1.165) is 32.4 Å². The minimum atomic E-state index is -3.48. The molecule has 0 radical (unpaired) electrons. The highest BCUT2D eigenvalue weighted by Crippen LogP contribution is 2.33. The van der Waals surface area contributed by atoms with Crippen molar-refractivity contribution in [1.82, 2.24) is 9.62 Å². The second kappa shape index (κ2) is 6.06. The largest absolute Gasteiger partial charge is 0.337 e. The average molecular weight is 330 g/mol. The van der Waals surface area contributed by atoms with E-state index in [2.05, 4.69) is 18.6 Å². The SMILES string of the molecule is CCC1(C)CCCN(C(=O)c2cc(S(=O)(=O)NC)cs2)C1. The van der Waals surface area contributed by atoms with Crippen molar-refractivity contribution in [3.05, 3.63) is 16.3 Å². The summed E-state index contributed by atoms with van der Waals surface area (Å²) in [6, 6.07) is 1.47. The van der Waals surface area contributed by atoms with E-state index >= 15 is 0 Å². The fraction of sp³-hybridized carbons (Fsp3) is 0.643. The maximum atomic E-state index is 12.6. The van der Waals surface area contributed by atoms with Crippen LogP contribution >= 0.6 is 11.3 Å². The normalized spacial score (nSPS) is 23.3. The van der Waals surface area contributed by atoms with Crippen LogP contribution in [-0.4, -0.2) is 39.4 Å². The molecule has 1 fully saturated rings. The molecule has 1 unspecified atom stereocenters. The van der Waals surface area contributed by atoms with Crippen molar-refractivity contribution in [2.24, 2.45) is 5.41 Å². The molecule has 1 aromatic heterocycles. The number of amides is 1. The molecule has 1 atom stereocenters. The molecular weight excluding hydrogens is 308 g/mol. The monoisotopic (exact) mass is 330 g/mol. The highest BCUT2D eigenvalue weighted by Gasteiger charge is 2.32. The molecule has 1 saturated heterocycles. The summed E-state index contributed by atoms with van der Waals surface area (Å²) in [7, 11) is -2.11. The Labute approximate surface area is 130 Å². The zero-order valence-electron chi connectivity index (χ0n) is 12.7. The van der Waals surface area contributed by atoms with Crippen LogP contribution in [0.5, 0.6) is 0 Å². The van der Waals surface area contributed by atoms with Gasteiger partial charge in [-0.2, -0.15) is 0 Å². The highest BCUT2D eigenvalue weighted by molar-refractivity contribution is 7.89. The first kappa shape index (κ1) is 16.5. The van der Waals surface area contributed by atoms with E-state index in [1.807, 2.05) is 4.90 Å². The van der Waals surface area contributed by atoms with Crippen LogP contribution in [0.1, 0.15) is 42.8 Å². The number of hydrogen-bond donors (Lipinski definition) is 1. The van der Waals surface area contributed by atoms with Gasteiger partial charge < -0.3 is 4.90 Å². The molecule has 1 aliphatic heterocycles. The Hall–Kier alpha value is -0.920. The number of rotatable bonds is 4. The van der Waals surface area contributed by atoms with Crippen molar-refractivity contribution >= 4 is 27.3 Å². The molecule has 0 aromatic carbocycles. The van der Waals surface area contributed by atoms with Crippen LogP contribution in [0.2, 0.25) is 0 Å². The lowest BCUT2D eigenvalue weighted by atomic mass is 9.79. The molecule has 5 nitrogen and oxygen atoms in total. The maximum Gasteiger partial charge on any atom is 0.263 e. The van der Waals surface area contributed by atoms with E-state index in [4.69, 9.17) is 0 Å². The number of sulfonamides is 1. The molecule has 21 heavy (non-hydrogen) atoms. The number of piperidine rings is 1. The molecule has 2 heterocycles. The van der Waals surface area contributed by atoms with Crippen LogP contribution in [0.15, 0.2) is 16.3 Å². The van der Waals surface area contributed by atoms with Gasteiger partial charge in [0.25, 0.3) is 5.91 Å². The van der Waals surface area contributed by atoms with E-state index in [1.165, 1.54) is 29.8 Å². The first-order valence-corrected chi connectivity index (χ1v) is 9.49. The minimum Gasteiger partial charge on any atom is -0.337 e. The first-order chi connectivity index (χ1) is 9.81. The molecule has 0 saturated carbocycles. The zero-order chi connectivity index (χ0) is 15.7. The molecular formula is C14H22N2O3S2. The topological polar surface area (TPSA) is 66.5 Å². The van der Waals surface area contributed by atoms with E-state index < -0.39 is 10.0 Å². The van der Waals surface area contributed by atoms with Crippen molar-refractivity contribution < 1.29 is 13.2 Å². The van der Waals surface area contributed by atoms with Crippen LogP contribution < -0.4 is 4.72 Å². The summed E-state index contributed by atoms with van der Waals surface area (Å²) in [4.78, 5) is 15.1. The fourth-order valence-electron chi connectivity index (χ4n) is 2.62. The lowest BCUT2D eigenvalue weighted by Gasteiger charge is -2.39. The number of hydrogen-bond acceptors (Lipinski definition) is 4. The van der Waals surface area contributed by atoms with E-state index in [1.54, 1.807) is 0 Å². The molecule has 1 N–H and O–H groups in total. The number of carbonyl (C=O) groups is 1. The Morgan fingerprint density at radius 2 is 2.24 bits per heavy atom. The molecule has 0 spiro atoms. The zero-order valence-corrected chi connectivity index (χ0v) is 14.3. The number of thiophene rings is 1. The predicted molar refractivity (Wildman–Crippen MR) is 84.1 cm³/mol. The average Bonchev–Trinajstić information content (AvgIpc) is 2.97. The van der Waals surface area contributed by atoms with Gasteiger partial charge in [0, 0.05) is 18.5 Å². The molecule has 1 amide bonds. The summed E-state index contributed by atoms with van der Waals surface area (Å²) >= 11 is 1.19.